The molecule has 2 atom stereocenters. The van der Waals surface area contributed by atoms with Crippen LogP contribution in [-0.2, 0) is 4.74 Å². The summed E-state index contributed by atoms with van der Waals surface area (Å²) < 4.78 is 15.4. The minimum atomic E-state index is -0.475. The molecule has 2 aromatic rings. The van der Waals surface area contributed by atoms with Gasteiger partial charge in [-0.1, -0.05) is 0 Å². The van der Waals surface area contributed by atoms with Crippen LogP contribution in [0.5, 0.6) is 0 Å². The first kappa shape index (κ1) is 13.4. The van der Waals surface area contributed by atoms with E-state index in [9.17, 15) is 4.79 Å². The van der Waals surface area contributed by atoms with Crippen LogP contribution < -0.4 is 5.32 Å². The van der Waals surface area contributed by atoms with Crippen molar-refractivity contribution in [3.05, 3.63) is 47.8 Å². The smallest absolute Gasteiger partial charge is 0.373 e. The van der Waals surface area contributed by atoms with Gasteiger partial charge in [0.2, 0.25) is 5.76 Å². The molecule has 5 nitrogen and oxygen atoms in total. The fourth-order valence-electron chi connectivity index (χ4n) is 1.87. The Bertz CT molecular complexity index is 529. The normalized spacial score (nSPS) is 14.1. The predicted octanol–water partition coefficient (Wildman–Crippen LogP) is 3.07. The number of carbonyl (C=O) groups excluding carboxylic acids is 1. The molecule has 0 aromatic carbocycles. The number of hydrogen-bond donors (Lipinski definition) is 1. The Hall–Kier alpha value is -2.01. The maximum atomic E-state index is 11.3. The fourth-order valence-corrected chi connectivity index (χ4v) is 1.87. The van der Waals surface area contributed by atoms with Crippen LogP contribution in [0.4, 0.5) is 0 Å². The van der Waals surface area contributed by atoms with Gasteiger partial charge in [-0.15, -0.1) is 0 Å². The SMILES string of the molecule is COC(=O)c1ccc(C(C)N[C@@H](C)c2ccco2)o1. The molecular weight excluding hydrogens is 246 g/mol. The van der Waals surface area contributed by atoms with Gasteiger partial charge in [0.05, 0.1) is 25.5 Å². The Kier molecular flexibility index (Phi) is 4.06. The number of nitrogens with one attached hydrogen (secondary N) is 1. The number of methoxy groups -OCH3 is 1. The largest absolute Gasteiger partial charge is 0.468 e. The third-order valence-corrected chi connectivity index (χ3v) is 2.91. The van der Waals surface area contributed by atoms with E-state index in [1.54, 1.807) is 18.4 Å². The van der Waals surface area contributed by atoms with Crippen molar-refractivity contribution in [2.75, 3.05) is 7.11 Å². The highest BCUT2D eigenvalue weighted by Gasteiger charge is 2.18. The lowest BCUT2D eigenvalue weighted by atomic mass is 10.2. The molecule has 0 radical (unpaired) electrons. The van der Waals surface area contributed by atoms with Crippen molar-refractivity contribution in [1.29, 1.82) is 0 Å². The molecule has 0 spiro atoms. The molecule has 0 aliphatic carbocycles. The van der Waals surface area contributed by atoms with Crippen molar-refractivity contribution in [3.8, 4) is 0 Å². The first-order chi connectivity index (χ1) is 9.11. The summed E-state index contributed by atoms with van der Waals surface area (Å²) in [5.41, 5.74) is 0. The van der Waals surface area contributed by atoms with Gasteiger partial charge in [0, 0.05) is 0 Å². The Morgan fingerprint density at radius 2 is 1.95 bits per heavy atom. The standard InChI is InChI=1S/C14H17NO4/c1-9(11-5-4-8-18-11)15-10(2)12-6-7-13(19-12)14(16)17-3/h4-10,15H,1-3H3/t9-,10?/m0/s1. The molecule has 0 bridgehead atoms. The van der Waals surface area contributed by atoms with Gasteiger partial charge in [-0.2, -0.15) is 0 Å². The molecule has 5 heteroatoms. The van der Waals surface area contributed by atoms with Crippen molar-refractivity contribution in [3.63, 3.8) is 0 Å². The number of ether oxygens (including phenoxy) is 1. The van der Waals surface area contributed by atoms with E-state index >= 15 is 0 Å². The Morgan fingerprint density at radius 1 is 1.21 bits per heavy atom. The van der Waals surface area contributed by atoms with E-state index in [4.69, 9.17) is 8.83 Å². The molecule has 2 aromatic heterocycles. The molecule has 0 amide bonds. The lowest BCUT2D eigenvalue weighted by molar-refractivity contribution is 0.0562. The van der Waals surface area contributed by atoms with Gasteiger partial charge in [-0.05, 0) is 38.1 Å². The summed E-state index contributed by atoms with van der Waals surface area (Å²) in [6, 6.07) is 7.14. The van der Waals surface area contributed by atoms with Gasteiger partial charge in [-0.25, -0.2) is 4.79 Å². The van der Waals surface area contributed by atoms with E-state index < -0.39 is 5.97 Å². The maximum absolute atomic E-state index is 11.3. The zero-order valence-corrected chi connectivity index (χ0v) is 11.2. The minimum absolute atomic E-state index is 0.0430. The van der Waals surface area contributed by atoms with Crippen LogP contribution in [0.1, 0.15) is 48.0 Å². The summed E-state index contributed by atoms with van der Waals surface area (Å²) in [6.07, 6.45) is 1.64. The Balaban J connectivity index is 2.01. The number of hydrogen-bond acceptors (Lipinski definition) is 5. The highest BCUT2D eigenvalue weighted by Crippen LogP contribution is 2.21. The Morgan fingerprint density at radius 3 is 2.58 bits per heavy atom. The molecule has 0 fully saturated rings. The molecule has 102 valence electrons. The zero-order valence-electron chi connectivity index (χ0n) is 11.2. The fraction of sp³-hybridized carbons (Fsp3) is 0.357. The molecule has 0 saturated heterocycles. The summed E-state index contributed by atoms with van der Waals surface area (Å²) in [5, 5.41) is 3.33. The average Bonchev–Trinajstić information content (AvgIpc) is 3.08. The van der Waals surface area contributed by atoms with E-state index in [1.165, 1.54) is 7.11 Å². The molecule has 0 aliphatic heterocycles. The van der Waals surface area contributed by atoms with Gasteiger partial charge >= 0.3 is 5.97 Å². The van der Waals surface area contributed by atoms with E-state index in [0.717, 1.165) is 5.76 Å². The summed E-state index contributed by atoms with van der Waals surface area (Å²) in [7, 11) is 1.32. The second-order valence-electron chi connectivity index (χ2n) is 4.32. The summed E-state index contributed by atoms with van der Waals surface area (Å²) >= 11 is 0. The molecular formula is C14H17NO4. The van der Waals surface area contributed by atoms with Crippen molar-refractivity contribution in [1.82, 2.24) is 5.32 Å². The van der Waals surface area contributed by atoms with Gasteiger partial charge < -0.3 is 13.6 Å². The van der Waals surface area contributed by atoms with E-state index in [0.29, 0.717) is 5.76 Å². The van der Waals surface area contributed by atoms with E-state index in [2.05, 4.69) is 10.1 Å². The van der Waals surface area contributed by atoms with Crippen LogP contribution in [0.15, 0.2) is 39.4 Å². The molecule has 2 heterocycles. The second-order valence-corrected chi connectivity index (χ2v) is 4.32. The van der Waals surface area contributed by atoms with Crippen LogP contribution >= 0.6 is 0 Å². The van der Waals surface area contributed by atoms with Crippen molar-refractivity contribution >= 4 is 5.97 Å². The van der Waals surface area contributed by atoms with Gasteiger partial charge in [-0.3, -0.25) is 5.32 Å². The van der Waals surface area contributed by atoms with Crippen molar-refractivity contribution in [2.24, 2.45) is 0 Å². The number of esters is 1. The summed E-state index contributed by atoms with van der Waals surface area (Å²) in [5.74, 6) is 1.26. The highest BCUT2D eigenvalue weighted by atomic mass is 16.5. The number of carbonyl (C=O) groups is 1. The Labute approximate surface area is 111 Å². The third-order valence-electron chi connectivity index (χ3n) is 2.91. The quantitative estimate of drug-likeness (QED) is 0.840. The van der Waals surface area contributed by atoms with E-state index in [-0.39, 0.29) is 17.8 Å². The predicted molar refractivity (Wildman–Crippen MR) is 68.7 cm³/mol. The molecule has 19 heavy (non-hydrogen) atoms. The van der Waals surface area contributed by atoms with Gasteiger partial charge in [0.25, 0.3) is 0 Å². The van der Waals surface area contributed by atoms with Crippen molar-refractivity contribution < 1.29 is 18.4 Å². The maximum Gasteiger partial charge on any atom is 0.373 e. The lowest BCUT2D eigenvalue weighted by Gasteiger charge is -2.16. The van der Waals surface area contributed by atoms with E-state index in [1.807, 2.05) is 26.0 Å². The molecule has 0 saturated carbocycles. The van der Waals surface area contributed by atoms with Crippen molar-refractivity contribution in [2.45, 2.75) is 25.9 Å². The molecule has 1 unspecified atom stereocenters. The van der Waals surface area contributed by atoms with Crippen LogP contribution in [0.2, 0.25) is 0 Å². The third kappa shape index (κ3) is 3.06. The van der Waals surface area contributed by atoms with Crippen LogP contribution in [-0.4, -0.2) is 13.1 Å². The van der Waals surface area contributed by atoms with Crippen LogP contribution in [0.25, 0.3) is 0 Å². The second kappa shape index (κ2) is 5.75. The zero-order chi connectivity index (χ0) is 13.8. The molecule has 1 N–H and O–H groups in total. The van der Waals surface area contributed by atoms with Crippen LogP contribution in [0.3, 0.4) is 0 Å². The summed E-state index contributed by atoms with van der Waals surface area (Å²) in [6.45, 7) is 3.96. The van der Waals surface area contributed by atoms with Crippen LogP contribution in [0, 0.1) is 0 Å². The summed E-state index contributed by atoms with van der Waals surface area (Å²) in [4.78, 5) is 11.3. The average molecular weight is 263 g/mol. The first-order valence-electron chi connectivity index (χ1n) is 6.09. The number of furan rings is 2. The monoisotopic (exact) mass is 263 g/mol. The first-order valence-corrected chi connectivity index (χ1v) is 6.09. The minimum Gasteiger partial charge on any atom is -0.468 e. The molecule has 2 rings (SSSR count). The number of rotatable bonds is 5. The molecule has 0 aliphatic rings. The highest BCUT2D eigenvalue weighted by molar-refractivity contribution is 5.86. The topological polar surface area (TPSA) is 64.6 Å². The van der Waals surface area contributed by atoms with Gasteiger partial charge in [0.15, 0.2) is 0 Å². The van der Waals surface area contributed by atoms with Gasteiger partial charge in [0.1, 0.15) is 11.5 Å². The lowest BCUT2D eigenvalue weighted by Crippen LogP contribution is -2.21.